The molecule has 3 N–H and O–H groups in total. The van der Waals surface area contributed by atoms with Crippen molar-refractivity contribution >= 4 is 39.7 Å². The Balaban J connectivity index is 2.38. The van der Waals surface area contributed by atoms with Gasteiger partial charge in [-0.25, -0.2) is 4.39 Å². The summed E-state index contributed by atoms with van der Waals surface area (Å²) < 4.78 is 13.7. The molecule has 0 aliphatic carbocycles. The molecule has 0 spiro atoms. The van der Waals surface area contributed by atoms with Gasteiger partial charge < -0.3 is 11.1 Å². The minimum Gasteiger partial charge on any atom is -0.396 e. The number of nitrogens with two attached hydrogens (primary N) is 1. The van der Waals surface area contributed by atoms with Crippen LogP contribution in [-0.2, 0) is 0 Å². The molecule has 0 aromatic heterocycles. The van der Waals surface area contributed by atoms with E-state index in [-0.39, 0.29) is 5.82 Å². The van der Waals surface area contributed by atoms with Crippen molar-refractivity contribution in [3.8, 4) is 6.07 Å². The number of nitrogens with zero attached hydrogens (tertiary/aromatic N) is 1. The van der Waals surface area contributed by atoms with Crippen LogP contribution in [0, 0.1) is 20.7 Å². The molecule has 0 fully saturated rings. The van der Waals surface area contributed by atoms with E-state index in [0.717, 1.165) is 9.26 Å². The Morgan fingerprint density at radius 3 is 2.67 bits per heavy atom. The Kier molecular flexibility index (Phi) is 3.67. The van der Waals surface area contributed by atoms with Crippen LogP contribution in [0.3, 0.4) is 0 Å². The first kappa shape index (κ1) is 12.6. The van der Waals surface area contributed by atoms with Crippen molar-refractivity contribution in [2.45, 2.75) is 0 Å². The number of nitrogen functional groups attached to an aromatic ring is 1. The highest BCUT2D eigenvalue weighted by molar-refractivity contribution is 14.1. The number of nitriles is 1. The normalized spacial score (nSPS) is 9.83. The fourth-order valence-electron chi connectivity index (χ4n) is 1.51. The van der Waals surface area contributed by atoms with Gasteiger partial charge in [0.2, 0.25) is 0 Å². The van der Waals surface area contributed by atoms with Gasteiger partial charge in [0.25, 0.3) is 0 Å². The molecule has 0 saturated carbocycles. The molecule has 18 heavy (non-hydrogen) atoms. The number of para-hydroxylation sites is 1. The molecule has 0 radical (unpaired) electrons. The summed E-state index contributed by atoms with van der Waals surface area (Å²) in [6, 6.07) is 11.6. The van der Waals surface area contributed by atoms with Crippen LogP contribution in [0.15, 0.2) is 36.4 Å². The predicted octanol–water partition coefficient (Wildman–Crippen LogP) is 3.63. The number of hydrogen-bond donors (Lipinski definition) is 2. The highest BCUT2D eigenvalue weighted by Crippen LogP contribution is 2.28. The van der Waals surface area contributed by atoms with Crippen molar-refractivity contribution in [3.05, 3.63) is 51.3 Å². The van der Waals surface area contributed by atoms with Gasteiger partial charge in [-0.05, 0) is 52.9 Å². The molecule has 2 aromatic rings. The second-order valence-electron chi connectivity index (χ2n) is 3.63. The minimum absolute atomic E-state index is 0.288. The quantitative estimate of drug-likeness (QED) is 0.640. The molecule has 0 saturated heterocycles. The van der Waals surface area contributed by atoms with E-state index in [1.165, 1.54) is 12.1 Å². The average molecular weight is 353 g/mol. The zero-order valence-electron chi connectivity index (χ0n) is 9.24. The summed E-state index contributed by atoms with van der Waals surface area (Å²) in [6.45, 7) is 0. The second-order valence-corrected chi connectivity index (χ2v) is 4.79. The van der Waals surface area contributed by atoms with Gasteiger partial charge in [-0.15, -0.1) is 0 Å². The third-order valence-electron chi connectivity index (χ3n) is 2.43. The summed E-state index contributed by atoms with van der Waals surface area (Å²) in [6.07, 6.45) is 0. The van der Waals surface area contributed by atoms with E-state index in [9.17, 15) is 4.39 Å². The van der Waals surface area contributed by atoms with E-state index in [0.29, 0.717) is 16.9 Å². The van der Waals surface area contributed by atoms with E-state index in [1.54, 1.807) is 24.3 Å². The summed E-state index contributed by atoms with van der Waals surface area (Å²) in [4.78, 5) is 0. The van der Waals surface area contributed by atoms with Gasteiger partial charge in [0.1, 0.15) is 11.9 Å². The molecular formula is C13H9FIN3. The lowest BCUT2D eigenvalue weighted by molar-refractivity contribution is 0.627. The van der Waals surface area contributed by atoms with Crippen molar-refractivity contribution in [1.82, 2.24) is 0 Å². The molecule has 2 rings (SSSR count). The maximum absolute atomic E-state index is 13.0. The van der Waals surface area contributed by atoms with Crippen LogP contribution in [0.5, 0.6) is 0 Å². The molecule has 2 aromatic carbocycles. The van der Waals surface area contributed by atoms with Gasteiger partial charge in [-0.2, -0.15) is 5.26 Å². The molecule has 0 heterocycles. The lowest BCUT2D eigenvalue weighted by Crippen LogP contribution is -2.00. The summed E-state index contributed by atoms with van der Waals surface area (Å²) >= 11 is 2.03. The van der Waals surface area contributed by atoms with E-state index >= 15 is 0 Å². The predicted molar refractivity (Wildman–Crippen MR) is 78.0 cm³/mol. The monoisotopic (exact) mass is 353 g/mol. The van der Waals surface area contributed by atoms with Gasteiger partial charge in [0.05, 0.1) is 22.6 Å². The van der Waals surface area contributed by atoms with Crippen LogP contribution in [0.1, 0.15) is 5.56 Å². The molecular weight excluding hydrogens is 344 g/mol. The van der Waals surface area contributed by atoms with Crippen molar-refractivity contribution < 1.29 is 4.39 Å². The maximum Gasteiger partial charge on any atom is 0.124 e. The fourth-order valence-corrected chi connectivity index (χ4v) is 2.12. The molecule has 90 valence electrons. The first-order valence-corrected chi connectivity index (χ1v) is 6.20. The first-order chi connectivity index (χ1) is 8.61. The lowest BCUT2D eigenvalue weighted by atomic mass is 10.1. The van der Waals surface area contributed by atoms with E-state index in [1.807, 2.05) is 28.7 Å². The Morgan fingerprint density at radius 2 is 2.00 bits per heavy atom. The van der Waals surface area contributed by atoms with Crippen LogP contribution in [0.4, 0.5) is 21.5 Å². The summed E-state index contributed by atoms with van der Waals surface area (Å²) in [5, 5.41) is 12.0. The molecule has 0 unspecified atom stereocenters. The van der Waals surface area contributed by atoms with E-state index in [4.69, 9.17) is 11.0 Å². The number of halogens is 2. The van der Waals surface area contributed by atoms with E-state index < -0.39 is 0 Å². The molecule has 5 heteroatoms. The Labute approximate surface area is 118 Å². The molecule has 0 aliphatic heterocycles. The fraction of sp³-hybridized carbons (Fsp3) is 0. The Bertz CT molecular complexity index is 635. The standard InChI is InChI=1S/C13H9FIN3/c14-9-4-5-11(10(15)6-9)18-12-3-1-2-8(7-16)13(12)17/h1-6,18H,17H2. The van der Waals surface area contributed by atoms with E-state index in [2.05, 4.69) is 5.32 Å². The van der Waals surface area contributed by atoms with Crippen LogP contribution < -0.4 is 11.1 Å². The third kappa shape index (κ3) is 2.54. The van der Waals surface area contributed by atoms with Gasteiger partial charge in [0, 0.05) is 3.57 Å². The van der Waals surface area contributed by atoms with Gasteiger partial charge in [-0.1, -0.05) is 6.07 Å². The SMILES string of the molecule is N#Cc1cccc(Nc2ccc(F)cc2I)c1N. The lowest BCUT2D eigenvalue weighted by Gasteiger charge is -2.11. The molecule has 0 bridgehead atoms. The van der Waals surface area contributed by atoms with Gasteiger partial charge in [-0.3, -0.25) is 0 Å². The average Bonchev–Trinajstić information content (AvgIpc) is 2.35. The van der Waals surface area contributed by atoms with Crippen LogP contribution in [0.2, 0.25) is 0 Å². The van der Waals surface area contributed by atoms with Crippen LogP contribution >= 0.6 is 22.6 Å². The second kappa shape index (κ2) is 5.23. The summed E-state index contributed by atoms with van der Waals surface area (Å²) in [7, 11) is 0. The zero-order valence-corrected chi connectivity index (χ0v) is 11.4. The molecule has 0 amide bonds. The highest BCUT2D eigenvalue weighted by atomic mass is 127. The minimum atomic E-state index is -0.288. The highest BCUT2D eigenvalue weighted by Gasteiger charge is 2.07. The molecule has 3 nitrogen and oxygen atoms in total. The number of benzene rings is 2. The largest absolute Gasteiger partial charge is 0.396 e. The topological polar surface area (TPSA) is 61.8 Å². The number of anilines is 3. The van der Waals surface area contributed by atoms with Crippen molar-refractivity contribution in [2.75, 3.05) is 11.1 Å². The van der Waals surface area contributed by atoms with Gasteiger partial charge >= 0.3 is 0 Å². The smallest absolute Gasteiger partial charge is 0.124 e. The zero-order chi connectivity index (χ0) is 13.1. The number of nitrogens with one attached hydrogen (secondary N) is 1. The maximum atomic E-state index is 13.0. The van der Waals surface area contributed by atoms with Crippen molar-refractivity contribution in [2.24, 2.45) is 0 Å². The third-order valence-corrected chi connectivity index (χ3v) is 3.32. The Hall–Kier alpha value is -1.81. The van der Waals surface area contributed by atoms with Crippen molar-refractivity contribution in [1.29, 1.82) is 5.26 Å². The van der Waals surface area contributed by atoms with Gasteiger partial charge in [0.15, 0.2) is 0 Å². The van der Waals surface area contributed by atoms with Crippen LogP contribution in [0.25, 0.3) is 0 Å². The molecule has 0 atom stereocenters. The van der Waals surface area contributed by atoms with Crippen molar-refractivity contribution in [3.63, 3.8) is 0 Å². The number of hydrogen-bond acceptors (Lipinski definition) is 3. The summed E-state index contributed by atoms with van der Waals surface area (Å²) in [5.41, 5.74) is 8.05. The molecule has 0 aliphatic rings. The number of rotatable bonds is 2. The summed E-state index contributed by atoms with van der Waals surface area (Å²) in [5.74, 6) is -0.288. The Morgan fingerprint density at radius 1 is 1.22 bits per heavy atom. The van der Waals surface area contributed by atoms with Crippen LogP contribution in [-0.4, -0.2) is 0 Å². The first-order valence-electron chi connectivity index (χ1n) is 5.12.